The number of aromatic nitrogens is 1. The molecule has 4 rings (SSSR count). The summed E-state index contributed by atoms with van der Waals surface area (Å²) in [4.78, 5) is 12.6. The van der Waals surface area contributed by atoms with E-state index >= 15 is 0 Å². The summed E-state index contributed by atoms with van der Waals surface area (Å²) in [6.07, 6.45) is 1.66. The lowest BCUT2D eigenvalue weighted by Crippen LogP contribution is -2.18. The minimum absolute atomic E-state index is 0.358. The molecule has 0 radical (unpaired) electrons. The van der Waals surface area contributed by atoms with Crippen LogP contribution in [0, 0.1) is 13.8 Å². The van der Waals surface area contributed by atoms with E-state index in [0.29, 0.717) is 17.1 Å². The van der Waals surface area contributed by atoms with Crippen LogP contribution in [0.25, 0.3) is 16.5 Å². The Labute approximate surface area is 187 Å². The number of hydrogen-bond acceptors (Lipinski definition) is 4. The Kier molecular flexibility index (Phi) is 5.94. The molecule has 3 aromatic carbocycles. The SMILES string of the molecule is COc1ccc(C(=O)N/N=C\c2cc(C)n(-c3cccc4ccccc34)c2C)c(OC)c1. The summed E-state index contributed by atoms with van der Waals surface area (Å²) in [5, 5.41) is 6.55. The summed E-state index contributed by atoms with van der Waals surface area (Å²) in [6, 6.07) is 21.7. The zero-order valence-corrected chi connectivity index (χ0v) is 18.5. The number of benzene rings is 3. The molecule has 0 aliphatic heterocycles. The lowest BCUT2D eigenvalue weighted by molar-refractivity contribution is 0.0952. The van der Waals surface area contributed by atoms with Crippen LogP contribution in [-0.2, 0) is 0 Å². The molecule has 0 atom stereocenters. The van der Waals surface area contributed by atoms with Crippen molar-refractivity contribution in [3.63, 3.8) is 0 Å². The molecule has 0 bridgehead atoms. The number of nitrogens with zero attached hydrogens (tertiary/aromatic N) is 2. The van der Waals surface area contributed by atoms with Crippen molar-refractivity contribution in [1.82, 2.24) is 9.99 Å². The van der Waals surface area contributed by atoms with E-state index in [1.165, 1.54) is 17.9 Å². The molecule has 4 aromatic rings. The van der Waals surface area contributed by atoms with Crippen molar-refractivity contribution in [2.75, 3.05) is 14.2 Å². The first kappa shape index (κ1) is 21.2. The Balaban J connectivity index is 1.59. The van der Waals surface area contributed by atoms with Crippen molar-refractivity contribution in [3.05, 3.63) is 89.2 Å². The summed E-state index contributed by atoms with van der Waals surface area (Å²) < 4.78 is 12.7. The third kappa shape index (κ3) is 3.95. The number of hydrogen-bond donors (Lipinski definition) is 1. The summed E-state index contributed by atoms with van der Waals surface area (Å²) >= 11 is 0. The number of carbonyl (C=O) groups is 1. The third-order valence-electron chi connectivity index (χ3n) is 5.50. The van der Waals surface area contributed by atoms with Gasteiger partial charge in [-0.3, -0.25) is 4.79 Å². The third-order valence-corrected chi connectivity index (χ3v) is 5.50. The molecule has 32 heavy (non-hydrogen) atoms. The quantitative estimate of drug-likeness (QED) is 0.347. The van der Waals surface area contributed by atoms with E-state index < -0.39 is 0 Å². The molecule has 1 heterocycles. The van der Waals surface area contributed by atoms with Gasteiger partial charge in [0.2, 0.25) is 0 Å². The zero-order valence-electron chi connectivity index (χ0n) is 18.5. The zero-order chi connectivity index (χ0) is 22.7. The predicted octanol–water partition coefficient (Wildman–Crippen LogP) is 5.03. The fraction of sp³-hybridized carbons (Fsp3) is 0.154. The second kappa shape index (κ2) is 8.98. The molecule has 6 nitrogen and oxygen atoms in total. The number of ether oxygens (including phenoxy) is 2. The number of hydrazone groups is 1. The van der Waals surface area contributed by atoms with E-state index in [0.717, 1.165) is 22.6 Å². The van der Waals surface area contributed by atoms with Gasteiger partial charge in [-0.25, -0.2) is 5.43 Å². The molecule has 1 N–H and O–H groups in total. The van der Waals surface area contributed by atoms with Gasteiger partial charge in [0.15, 0.2) is 0 Å². The maximum atomic E-state index is 12.6. The molecule has 1 amide bonds. The molecule has 0 saturated heterocycles. The molecule has 0 aliphatic rings. The van der Waals surface area contributed by atoms with Gasteiger partial charge < -0.3 is 14.0 Å². The maximum Gasteiger partial charge on any atom is 0.275 e. The van der Waals surface area contributed by atoms with E-state index in [1.807, 2.05) is 19.1 Å². The van der Waals surface area contributed by atoms with Crippen LogP contribution in [0.4, 0.5) is 0 Å². The van der Waals surface area contributed by atoms with E-state index in [1.54, 1.807) is 31.5 Å². The molecule has 0 spiro atoms. The van der Waals surface area contributed by atoms with Gasteiger partial charge >= 0.3 is 0 Å². The van der Waals surface area contributed by atoms with Crippen molar-refractivity contribution in [2.24, 2.45) is 5.10 Å². The van der Waals surface area contributed by atoms with E-state index in [9.17, 15) is 4.79 Å². The smallest absolute Gasteiger partial charge is 0.275 e. The standard InChI is InChI=1S/C26H25N3O3/c1-17-14-20(16-27-28-26(30)23-13-12-21(31-3)15-25(23)32-4)18(2)29(17)24-11-7-9-19-8-5-6-10-22(19)24/h5-16H,1-4H3,(H,28,30)/b27-16-. The first-order valence-electron chi connectivity index (χ1n) is 10.3. The van der Waals surface area contributed by atoms with Crippen LogP contribution in [0.2, 0.25) is 0 Å². The molecular formula is C26H25N3O3. The molecule has 0 saturated carbocycles. The van der Waals surface area contributed by atoms with Gasteiger partial charge in [0.1, 0.15) is 11.5 Å². The number of carbonyl (C=O) groups excluding carboxylic acids is 1. The van der Waals surface area contributed by atoms with Crippen LogP contribution in [0.5, 0.6) is 11.5 Å². The normalized spacial score (nSPS) is 11.1. The topological polar surface area (TPSA) is 64.8 Å². The number of fused-ring (bicyclic) bond motifs is 1. The minimum atomic E-state index is -0.358. The molecule has 162 valence electrons. The average Bonchev–Trinajstić information content (AvgIpc) is 3.10. The van der Waals surface area contributed by atoms with Crippen LogP contribution in [0.3, 0.4) is 0 Å². The molecule has 0 aliphatic carbocycles. The van der Waals surface area contributed by atoms with Crippen LogP contribution in [-0.4, -0.2) is 30.9 Å². The summed E-state index contributed by atoms with van der Waals surface area (Å²) in [7, 11) is 3.07. The Hall–Kier alpha value is -4.06. The van der Waals surface area contributed by atoms with Gasteiger partial charge in [0.05, 0.1) is 31.7 Å². The maximum absolute atomic E-state index is 12.6. The number of aryl methyl sites for hydroxylation is 1. The minimum Gasteiger partial charge on any atom is -0.497 e. The van der Waals surface area contributed by atoms with Gasteiger partial charge in [-0.2, -0.15) is 5.10 Å². The number of amides is 1. The first-order valence-corrected chi connectivity index (χ1v) is 10.3. The Bertz CT molecular complexity index is 1320. The first-order chi connectivity index (χ1) is 15.5. The van der Waals surface area contributed by atoms with Crippen molar-refractivity contribution in [3.8, 4) is 17.2 Å². The van der Waals surface area contributed by atoms with E-state index in [2.05, 4.69) is 58.4 Å². The van der Waals surface area contributed by atoms with Crippen LogP contribution >= 0.6 is 0 Å². The summed E-state index contributed by atoms with van der Waals surface area (Å²) in [5.74, 6) is 0.678. The molecule has 0 unspecified atom stereocenters. The lowest BCUT2D eigenvalue weighted by atomic mass is 10.1. The van der Waals surface area contributed by atoms with Gasteiger partial charge in [-0.1, -0.05) is 36.4 Å². The summed E-state index contributed by atoms with van der Waals surface area (Å²) in [6.45, 7) is 4.11. The van der Waals surface area contributed by atoms with Gasteiger partial charge in [-0.15, -0.1) is 0 Å². The number of nitrogens with one attached hydrogen (secondary N) is 1. The Morgan fingerprint density at radius 2 is 1.75 bits per heavy atom. The van der Waals surface area contributed by atoms with Gasteiger partial charge in [0, 0.05) is 28.4 Å². The molecule has 6 heteroatoms. The highest BCUT2D eigenvalue weighted by atomic mass is 16.5. The second-order valence-corrected chi connectivity index (χ2v) is 7.43. The molecular weight excluding hydrogens is 402 g/mol. The molecule has 1 aromatic heterocycles. The van der Waals surface area contributed by atoms with Gasteiger partial charge in [-0.05, 0) is 43.5 Å². The highest BCUT2D eigenvalue weighted by molar-refractivity contribution is 5.98. The number of rotatable bonds is 6. The van der Waals surface area contributed by atoms with Crippen molar-refractivity contribution >= 4 is 22.9 Å². The second-order valence-electron chi connectivity index (χ2n) is 7.43. The highest BCUT2D eigenvalue weighted by Crippen LogP contribution is 2.27. The van der Waals surface area contributed by atoms with E-state index in [-0.39, 0.29) is 5.91 Å². The fourth-order valence-corrected chi connectivity index (χ4v) is 3.90. The number of methoxy groups -OCH3 is 2. The fourth-order valence-electron chi connectivity index (χ4n) is 3.90. The highest BCUT2D eigenvalue weighted by Gasteiger charge is 2.14. The predicted molar refractivity (Wildman–Crippen MR) is 127 cm³/mol. The van der Waals surface area contributed by atoms with E-state index in [4.69, 9.17) is 9.47 Å². The largest absolute Gasteiger partial charge is 0.497 e. The average molecular weight is 428 g/mol. The van der Waals surface area contributed by atoms with Crippen LogP contribution in [0.15, 0.2) is 71.8 Å². The van der Waals surface area contributed by atoms with Crippen molar-refractivity contribution in [2.45, 2.75) is 13.8 Å². The lowest BCUT2D eigenvalue weighted by Gasteiger charge is -2.13. The van der Waals surface area contributed by atoms with Crippen molar-refractivity contribution in [1.29, 1.82) is 0 Å². The van der Waals surface area contributed by atoms with Gasteiger partial charge in [0.25, 0.3) is 5.91 Å². The monoisotopic (exact) mass is 427 g/mol. The molecule has 0 fully saturated rings. The van der Waals surface area contributed by atoms with Crippen molar-refractivity contribution < 1.29 is 14.3 Å². The van der Waals surface area contributed by atoms with Crippen LogP contribution < -0.4 is 14.9 Å². The Morgan fingerprint density at radius 1 is 0.969 bits per heavy atom. The van der Waals surface area contributed by atoms with Crippen LogP contribution in [0.1, 0.15) is 27.3 Å². The summed E-state index contributed by atoms with van der Waals surface area (Å²) in [5.41, 5.74) is 7.14. The Morgan fingerprint density at radius 3 is 2.53 bits per heavy atom.